The zero-order valence-corrected chi connectivity index (χ0v) is 7.62. The van der Waals surface area contributed by atoms with Gasteiger partial charge in [-0.2, -0.15) is 0 Å². The summed E-state index contributed by atoms with van der Waals surface area (Å²) >= 11 is 0. The van der Waals surface area contributed by atoms with Crippen LogP contribution in [0.4, 0.5) is 0 Å². The molecule has 0 aliphatic carbocycles. The van der Waals surface area contributed by atoms with Gasteiger partial charge in [0.15, 0.2) is 0 Å². The van der Waals surface area contributed by atoms with Gasteiger partial charge in [0.25, 0.3) is 0 Å². The van der Waals surface area contributed by atoms with Crippen molar-refractivity contribution in [3.8, 4) is 0 Å². The molecule has 0 aromatic carbocycles. The van der Waals surface area contributed by atoms with E-state index in [1.807, 2.05) is 6.07 Å². The van der Waals surface area contributed by atoms with Gasteiger partial charge in [-0.05, 0) is 36.9 Å². The summed E-state index contributed by atoms with van der Waals surface area (Å²) in [6, 6.07) is 2.01. The van der Waals surface area contributed by atoms with Crippen LogP contribution in [0.3, 0.4) is 0 Å². The maximum Gasteiger partial charge on any atom is 0.0934 e. The summed E-state index contributed by atoms with van der Waals surface area (Å²) in [6.45, 7) is 2.97. The molecule has 1 heterocycles. The molecule has 1 aromatic rings. The first-order chi connectivity index (χ1) is 5.86. The molecule has 68 valence electrons. The Morgan fingerprint density at radius 2 is 2.42 bits per heavy atom. The van der Waals surface area contributed by atoms with E-state index in [9.17, 15) is 0 Å². The van der Waals surface area contributed by atoms with Gasteiger partial charge in [0.2, 0.25) is 0 Å². The van der Waals surface area contributed by atoms with E-state index < -0.39 is 0 Å². The van der Waals surface area contributed by atoms with Crippen LogP contribution in [0.15, 0.2) is 23.0 Å². The first kappa shape index (κ1) is 9.33. The van der Waals surface area contributed by atoms with Crippen molar-refractivity contribution in [2.75, 3.05) is 6.54 Å². The summed E-state index contributed by atoms with van der Waals surface area (Å²) in [7, 11) is 0. The Bertz CT molecular complexity index is 194. The van der Waals surface area contributed by atoms with E-state index >= 15 is 0 Å². The molecule has 2 N–H and O–H groups in total. The lowest BCUT2D eigenvalue weighted by Crippen LogP contribution is -2.16. The lowest BCUT2D eigenvalue weighted by molar-refractivity contribution is 0.482. The monoisotopic (exact) mass is 167 g/mol. The van der Waals surface area contributed by atoms with Crippen LogP contribution >= 0.6 is 0 Å². The minimum atomic E-state index is 0.618. The van der Waals surface area contributed by atoms with Crippen molar-refractivity contribution in [3.05, 3.63) is 24.2 Å². The van der Waals surface area contributed by atoms with Crippen LogP contribution in [0.5, 0.6) is 0 Å². The van der Waals surface area contributed by atoms with Crippen LogP contribution in [-0.4, -0.2) is 6.54 Å². The van der Waals surface area contributed by atoms with Crippen molar-refractivity contribution in [3.63, 3.8) is 0 Å². The SMILES string of the molecule is CCCC(CN)Cc1ccoc1. The highest BCUT2D eigenvalue weighted by Gasteiger charge is 2.06. The molecule has 0 aliphatic heterocycles. The van der Waals surface area contributed by atoms with E-state index in [2.05, 4.69) is 6.92 Å². The molecule has 1 aromatic heterocycles. The fraction of sp³-hybridized carbons (Fsp3) is 0.600. The summed E-state index contributed by atoms with van der Waals surface area (Å²) in [4.78, 5) is 0. The summed E-state index contributed by atoms with van der Waals surface area (Å²) in [6.07, 6.45) is 7.00. The van der Waals surface area contributed by atoms with Crippen LogP contribution in [0.25, 0.3) is 0 Å². The molecular weight excluding hydrogens is 150 g/mol. The van der Waals surface area contributed by atoms with Crippen LogP contribution in [-0.2, 0) is 6.42 Å². The molecule has 0 radical (unpaired) electrons. The second-order valence-electron chi connectivity index (χ2n) is 3.23. The Labute approximate surface area is 73.8 Å². The highest BCUT2D eigenvalue weighted by molar-refractivity contribution is 5.06. The second kappa shape index (κ2) is 4.99. The number of rotatable bonds is 5. The average molecular weight is 167 g/mol. The third-order valence-corrected chi connectivity index (χ3v) is 2.13. The highest BCUT2D eigenvalue weighted by atomic mass is 16.3. The minimum absolute atomic E-state index is 0.618. The molecule has 12 heavy (non-hydrogen) atoms. The second-order valence-corrected chi connectivity index (χ2v) is 3.23. The largest absolute Gasteiger partial charge is 0.472 e. The quantitative estimate of drug-likeness (QED) is 0.730. The molecule has 2 nitrogen and oxygen atoms in total. The Morgan fingerprint density at radius 1 is 1.58 bits per heavy atom. The Kier molecular flexibility index (Phi) is 3.88. The predicted octanol–water partition coefficient (Wildman–Crippen LogP) is 2.20. The zero-order valence-electron chi connectivity index (χ0n) is 7.62. The molecule has 0 aliphatic rings. The smallest absolute Gasteiger partial charge is 0.0934 e. The van der Waals surface area contributed by atoms with Gasteiger partial charge in [0, 0.05) is 0 Å². The first-order valence-electron chi connectivity index (χ1n) is 4.58. The third-order valence-electron chi connectivity index (χ3n) is 2.13. The predicted molar refractivity (Wildman–Crippen MR) is 49.9 cm³/mol. The zero-order chi connectivity index (χ0) is 8.81. The number of hydrogen-bond donors (Lipinski definition) is 1. The van der Waals surface area contributed by atoms with Crippen molar-refractivity contribution in [1.82, 2.24) is 0 Å². The van der Waals surface area contributed by atoms with Crippen molar-refractivity contribution in [2.24, 2.45) is 11.7 Å². The van der Waals surface area contributed by atoms with Crippen LogP contribution in [0.2, 0.25) is 0 Å². The summed E-state index contributed by atoms with van der Waals surface area (Å²) in [5.41, 5.74) is 6.91. The average Bonchev–Trinajstić information content (AvgIpc) is 2.56. The fourth-order valence-electron chi connectivity index (χ4n) is 1.45. The lowest BCUT2D eigenvalue weighted by Gasteiger charge is -2.11. The van der Waals surface area contributed by atoms with Gasteiger partial charge >= 0.3 is 0 Å². The molecule has 2 heteroatoms. The standard InChI is InChI=1S/C10H17NO/c1-2-3-9(7-11)6-10-4-5-12-8-10/h4-5,8-9H,2-3,6-7,11H2,1H3. The van der Waals surface area contributed by atoms with Crippen LogP contribution < -0.4 is 5.73 Å². The number of furan rings is 1. The molecule has 1 rings (SSSR count). The van der Waals surface area contributed by atoms with E-state index in [1.165, 1.54) is 18.4 Å². The van der Waals surface area contributed by atoms with Gasteiger partial charge in [-0.25, -0.2) is 0 Å². The topological polar surface area (TPSA) is 39.2 Å². The van der Waals surface area contributed by atoms with Crippen LogP contribution in [0, 0.1) is 5.92 Å². The molecule has 1 unspecified atom stereocenters. The van der Waals surface area contributed by atoms with Gasteiger partial charge in [-0.3, -0.25) is 0 Å². The maximum atomic E-state index is 5.64. The maximum absolute atomic E-state index is 5.64. The molecule has 0 amide bonds. The van der Waals surface area contributed by atoms with Gasteiger partial charge in [-0.1, -0.05) is 13.3 Å². The van der Waals surface area contributed by atoms with E-state index in [-0.39, 0.29) is 0 Å². The Hall–Kier alpha value is -0.760. The molecular formula is C10H17NO. The van der Waals surface area contributed by atoms with Gasteiger partial charge < -0.3 is 10.2 Å². The van der Waals surface area contributed by atoms with Crippen molar-refractivity contribution < 1.29 is 4.42 Å². The fourth-order valence-corrected chi connectivity index (χ4v) is 1.45. The van der Waals surface area contributed by atoms with E-state index in [4.69, 9.17) is 10.2 Å². The molecule has 0 saturated carbocycles. The Balaban J connectivity index is 2.37. The van der Waals surface area contributed by atoms with Gasteiger partial charge in [0.1, 0.15) is 0 Å². The van der Waals surface area contributed by atoms with Crippen molar-refractivity contribution in [1.29, 1.82) is 0 Å². The first-order valence-corrected chi connectivity index (χ1v) is 4.58. The van der Waals surface area contributed by atoms with Gasteiger partial charge in [0.05, 0.1) is 12.5 Å². The molecule has 1 atom stereocenters. The Morgan fingerprint density at radius 3 is 2.92 bits per heavy atom. The van der Waals surface area contributed by atoms with E-state index in [0.29, 0.717) is 5.92 Å². The van der Waals surface area contributed by atoms with E-state index in [0.717, 1.165) is 13.0 Å². The number of nitrogens with two attached hydrogens (primary N) is 1. The van der Waals surface area contributed by atoms with Crippen LogP contribution in [0.1, 0.15) is 25.3 Å². The summed E-state index contributed by atoms with van der Waals surface area (Å²) in [5, 5.41) is 0. The molecule has 0 fully saturated rings. The number of hydrogen-bond acceptors (Lipinski definition) is 2. The van der Waals surface area contributed by atoms with Gasteiger partial charge in [-0.15, -0.1) is 0 Å². The van der Waals surface area contributed by atoms with E-state index in [1.54, 1.807) is 12.5 Å². The molecule has 0 bridgehead atoms. The third kappa shape index (κ3) is 2.70. The molecule has 0 spiro atoms. The minimum Gasteiger partial charge on any atom is -0.472 e. The summed E-state index contributed by atoms with van der Waals surface area (Å²) in [5.74, 6) is 0.618. The normalized spacial score (nSPS) is 13.2. The van der Waals surface area contributed by atoms with Crippen molar-refractivity contribution in [2.45, 2.75) is 26.2 Å². The van der Waals surface area contributed by atoms with Crippen molar-refractivity contribution >= 4 is 0 Å². The lowest BCUT2D eigenvalue weighted by atomic mass is 9.97. The summed E-state index contributed by atoms with van der Waals surface area (Å²) < 4.78 is 5.00. The molecule has 0 saturated heterocycles. The highest BCUT2D eigenvalue weighted by Crippen LogP contribution is 2.12.